The van der Waals surface area contributed by atoms with Gasteiger partial charge in [0.05, 0.1) is 6.10 Å². The molecule has 1 unspecified atom stereocenters. The summed E-state index contributed by atoms with van der Waals surface area (Å²) in [5.41, 5.74) is 5.67. The molecule has 2 rings (SSSR count). The molecule has 0 aliphatic rings. The van der Waals surface area contributed by atoms with E-state index >= 15 is 0 Å². The smallest absolute Gasteiger partial charge is 0.234 e. The number of rotatable bonds is 6. The van der Waals surface area contributed by atoms with E-state index in [2.05, 4.69) is 29.1 Å². The van der Waals surface area contributed by atoms with Gasteiger partial charge in [-0.15, -0.1) is 10.2 Å². The number of ether oxygens (including phenoxy) is 1. The van der Waals surface area contributed by atoms with Crippen molar-refractivity contribution in [1.29, 1.82) is 0 Å². The fourth-order valence-electron chi connectivity index (χ4n) is 1.75. The van der Waals surface area contributed by atoms with Crippen LogP contribution < -0.4 is 5.73 Å². The van der Waals surface area contributed by atoms with Crippen LogP contribution in [0.25, 0.3) is 4.96 Å². The molecule has 0 fully saturated rings. The van der Waals surface area contributed by atoms with Crippen LogP contribution in [0.4, 0.5) is 0 Å². The molecule has 0 saturated carbocycles. The second-order valence-corrected chi connectivity index (χ2v) is 5.46. The van der Waals surface area contributed by atoms with Gasteiger partial charge >= 0.3 is 0 Å². The summed E-state index contributed by atoms with van der Waals surface area (Å²) in [6.07, 6.45) is 0.761. The Bertz CT molecular complexity index is 506. The van der Waals surface area contributed by atoms with Crippen molar-refractivity contribution in [3.63, 3.8) is 0 Å². The van der Waals surface area contributed by atoms with Crippen molar-refractivity contribution in [2.24, 2.45) is 5.73 Å². The van der Waals surface area contributed by atoms with E-state index in [1.807, 2.05) is 11.4 Å². The van der Waals surface area contributed by atoms with Gasteiger partial charge in [0.15, 0.2) is 5.82 Å². The highest BCUT2D eigenvalue weighted by atomic mass is 32.1. The fourth-order valence-corrected chi connectivity index (χ4v) is 2.66. The predicted octanol–water partition coefficient (Wildman–Crippen LogP) is 1.22. The summed E-state index contributed by atoms with van der Waals surface area (Å²) < 4.78 is 7.37. The molecule has 100 valence electrons. The second kappa shape index (κ2) is 5.73. The van der Waals surface area contributed by atoms with Gasteiger partial charge in [-0.2, -0.15) is 9.61 Å². The van der Waals surface area contributed by atoms with E-state index in [0.717, 1.165) is 22.2 Å². The lowest BCUT2D eigenvalue weighted by molar-refractivity contribution is 0.0693. The third-order valence-corrected chi connectivity index (χ3v) is 3.56. The summed E-state index contributed by atoms with van der Waals surface area (Å²) >= 11 is 1.55. The number of nitrogens with zero attached hydrogens (tertiary/aromatic N) is 4. The minimum absolute atomic E-state index is 0.0290. The number of hydrogen-bond acceptors (Lipinski definition) is 6. The van der Waals surface area contributed by atoms with Gasteiger partial charge in [-0.25, -0.2) is 0 Å². The molecule has 0 aliphatic heterocycles. The maximum atomic E-state index is 5.67. The van der Waals surface area contributed by atoms with Gasteiger partial charge in [-0.05, 0) is 6.92 Å². The molecule has 2 N–H and O–H groups in total. The van der Waals surface area contributed by atoms with Crippen LogP contribution in [-0.2, 0) is 11.2 Å². The number of nitrogens with two attached hydrogens (primary N) is 1. The van der Waals surface area contributed by atoms with Crippen molar-refractivity contribution in [3.8, 4) is 0 Å². The van der Waals surface area contributed by atoms with Crippen molar-refractivity contribution in [2.75, 3.05) is 13.2 Å². The predicted molar refractivity (Wildman–Crippen MR) is 70.9 cm³/mol. The topological polar surface area (TPSA) is 78.3 Å². The highest BCUT2D eigenvalue weighted by Crippen LogP contribution is 2.19. The third-order valence-electron chi connectivity index (χ3n) is 2.64. The van der Waals surface area contributed by atoms with Crippen molar-refractivity contribution in [1.82, 2.24) is 19.8 Å². The molecular weight excluding hydrogens is 250 g/mol. The van der Waals surface area contributed by atoms with Crippen LogP contribution in [0.2, 0.25) is 0 Å². The molecule has 0 saturated heterocycles. The monoisotopic (exact) mass is 269 g/mol. The molecule has 18 heavy (non-hydrogen) atoms. The van der Waals surface area contributed by atoms with Gasteiger partial charge in [0.25, 0.3) is 0 Å². The van der Waals surface area contributed by atoms with Gasteiger partial charge in [0.1, 0.15) is 5.01 Å². The van der Waals surface area contributed by atoms with Crippen LogP contribution >= 0.6 is 11.3 Å². The van der Waals surface area contributed by atoms with Crippen LogP contribution in [0, 0.1) is 0 Å². The van der Waals surface area contributed by atoms with Gasteiger partial charge in [0, 0.05) is 25.5 Å². The summed E-state index contributed by atoms with van der Waals surface area (Å²) in [7, 11) is 0. The van der Waals surface area contributed by atoms with Gasteiger partial charge in [-0.1, -0.05) is 25.2 Å². The average Bonchev–Trinajstić information content (AvgIpc) is 2.87. The lowest BCUT2D eigenvalue weighted by Crippen LogP contribution is -2.26. The van der Waals surface area contributed by atoms with E-state index in [-0.39, 0.29) is 6.10 Å². The Morgan fingerprint density at radius 1 is 1.39 bits per heavy atom. The molecule has 0 spiro atoms. The largest absolute Gasteiger partial charge is 0.377 e. The highest BCUT2D eigenvalue weighted by Gasteiger charge is 2.16. The first-order chi connectivity index (χ1) is 8.65. The van der Waals surface area contributed by atoms with E-state index in [1.54, 1.807) is 11.3 Å². The first-order valence-electron chi connectivity index (χ1n) is 6.18. The fraction of sp³-hybridized carbons (Fsp3) is 0.727. The molecule has 0 amide bonds. The van der Waals surface area contributed by atoms with Crippen molar-refractivity contribution >= 4 is 16.3 Å². The Balaban J connectivity index is 2.19. The van der Waals surface area contributed by atoms with Crippen LogP contribution in [0.1, 0.15) is 37.5 Å². The Morgan fingerprint density at radius 2 is 2.17 bits per heavy atom. The lowest BCUT2D eigenvalue weighted by Gasteiger charge is -2.12. The zero-order valence-electron chi connectivity index (χ0n) is 11.0. The van der Waals surface area contributed by atoms with Gasteiger partial charge in [-0.3, -0.25) is 0 Å². The Hall–Kier alpha value is -1.05. The van der Waals surface area contributed by atoms with Crippen LogP contribution in [0.3, 0.4) is 0 Å². The van der Waals surface area contributed by atoms with Crippen molar-refractivity contribution in [3.05, 3.63) is 10.8 Å². The normalized spacial score (nSPS) is 13.6. The maximum absolute atomic E-state index is 5.67. The summed E-state index contributed by atoms with van der Waals surface area (Å²) in [5, 5.41) is 13.8. The molecule has 2 aromatic rings. The lowest BCUT2D eigenvalue weighted by atomic mass is 10.2. The Morgan fingerprint density at radius 3 is 2.78 bits per heavy atom. The molecular formula is C11H19N5OS. The standard InChI is InChI=1S/C11H19N5OS/c1-4-17-8(6-12)5-9-15-16-10(7(2)3)13-14-11(16)18-9/h7-8H,4-6,12H2,1-3H3. The van der Waals surface area contributed by atoms with E-state index in [1.165, 1.54) is 0 Å². The summed E-state index contributed by atoms with van der Waals surface area (Å²) in [5.74, 6) is 1.21. The minimum atomic E-state index is 0.0290. The second-order valence-electron chi connectivity index (χ2n) is 4.42. The zero-order chi connectivity index (χ0) is 13.1. The first kappa shape index (κ1) is 13.4. The molecule has 7 heteroatoms. The maximum Gasteiger partial charge on any atom is 0.234 e. The SMILES string of the molecule is CCOC(CN)Cc1nn2c(C(C)C)nnc2s1. The molecule has 0 bridgehead atoms. The molecule has 0 radical (unpaired) electrons. The zero-order valence-corrected chi connectivity index (χ0v) is 11.8. The molecule has 6 nitrogen and oxygen atoms in total. The Labute approximate surface area is 110 Å². The number of aromatic nitrogens is 4. The summed E-state index contributed by atoms with van der Waals surface area (Å²) in [6, 6.07) is 0. The molecule has 2 aromatic heterocycles. The first-order valence-corrected chi connectivity index (χ1v) is 7.00. The molecule has 0 aliphatic carbocycles. The van der Waals surface area contributed by atoms with Crippen LogP contribution in [-0.4, -0.2) is 39.1 Å². The van der Waals surface area contributed by atoms with Crippen molar-refractivity contribution in [2.45, 2.75) is 39.2 Å². The highest BCUT2D eigenvalue weighted by molar-refractivity contribution is 7.16. The van der Waals surface area contributed by atoms with E-state index in [9.17, 15) is 0 Å². The van der Waals surface area contributed by atoms with E-state index in [4.69, 9.17) is 10.5 Å². The van der Waals surface area contributed by atoms with Gasteiger partial charge in [0.2, 0.25) is 4.96 Å². The van der Waals surface area contributed by atoms with Gasteiger partial charge < -0.3 is 10.5 Å². The number of hydrogen-bond donors (Lipinski definition) is 1. The number of fused-ring (bicyclic) bond motifs is 1. The summed E-state index contributed by atoms with van der Waals surface area (Å²) in [4.78, 5) is 0.834. The van der Waals surface area contributed by atoms with Crippen molar-refractivity contribution < 1.29 is 4.74 Å². The molecule has 1 atom stereocenters. The van der Waals surface area contributed by atoms with E-state index < -0.39 is 0 Å². The molecule has 2 heterocycles. The molecule has 0 aromatic carbocycles. The van der Waals surface area contributed by atoms with Crippen LogP contribution in [0.5, 0.6) is 0 Å². The quantitative estimate of drug-likeness (QED) is 0.853. The van der Waals surface area contributed by atoms with Crippen LogP contribution in [0.15, 0.2) is 0 Å². The average molecular weight is 269 g/mol. The minimum Gasteiger partial charge on any atom is -0.377 e. The van der Waals surface area contributed by atoms with E-state index in [0.29, 0.717) is 19.1 Å². The third kappa shape index (κ3) is 2.68. The summed E-state index contributed by atoms with van der Waals surface area (Å²) in [6.45, 7) is 7.31. The Kier molecular flexibility index (Phi) is 4.26.